The van der Waals surface area contributed by atoms with E-state index in [1.54, 1.807) is 6.07 Å². The van der Waals surface area contributed by atoms with Crippen molar-refractivity contribution in [2.75, 3.05) is 25.1 Å². The van der Waals surface area contributed by atoms with Crippen molar-refractivity contribution in [2.24, 2.45) is 0 Å². The van der Waals surface area contributed by atoms with Gasteiger partial charge >= 0.3 is 5.97 Å². The highest BCUT2D eigenvalue weighted by atomic mass is 16.5. The van der Waals surface area contributed by atoms with Crippen molar-refractivity contribution in [3.63, 3.8) is 0 Å². The number of aromatic carboxylic acids is 1. The van der Waals surface area contributed by atoms with Crippen molar-refractivity contribution in [1.82, 2.24) is 4.98 Å². The Bertz CT molecular complexity index is 430. The molecule has 0 aromatic carbocycles. The van der Waals surface area contributed by atoms with Crippen LogP contribution in [0.1, 0.15) is 23.2 Å². The maximum atomic E-state index is 11.0. The van der Waals surface area contributed by atoms with E-state index in [9.17, 15) is 9.90 Å². The van der Waals surface area contributed by atoms with Gasteiger partial charge in [0.15, 0.2) is 0 Å². The average molecular weight is 252 g/mol. The zero-order valence-corrected chi connectivity index (χ0v) is 9.93. The fourth-order valence-corrected chi connectivity index (χ4v) is 1.90. The van der Waals surface area contributed by atoms with E-state index in [1.807, 2.05) is 0 Å². The van der Waals surface area contributed by atoms with Crippen LogP contribution >= 0.6 is 0 Å². The summed E-state index contributed by atoms with van der Waals surface area (Å²) in [5.41, 5.74) is -0.751. The minimum absolute atomic E-state index is 0.105. The maximum Gasteiger partial charge on any atom is 0.339 e. The first-order valence-electron chi connectivity index (χ1n) is 5.83. The monoisotopic (exact) mass is 252 g/mol. The topological polar surface area (TPSA) is 91.7 Å². The Labute approximate surface area is 105 Å². The SMILES string of the molecule is O=C(O)c1cccnc1NCC1(O)CCOCC1. The van der Waals surface area contributed by atoms with Gasteiger partial charge in [-0.15, -0.1) is 0 Å². The van der Waals surface area contributed by atoms with E-state index in [0.717, 1.165) is 0 Å². The summed E-state index contributed by atoms with van der Waals surface area (Å²) >= 11 is 0. The van der Waals surface area contributed by atoms with Gasteiger partial charge in [-0.05, 0) is 12.1 Å². The molecule has 18 heavy (non-hydrogen) atoms. The molecule has 0 radical (unpaired) electrons. The van der Waals surface area contributed by atoms with Crippen molar-refractivity contribution in [3.8, 4) is 0 Å². The molecule has 2 heterocycles. The number of aromatic nitrogens is 1. The molecule has 1 saturated heterocycles. The first-order valence-corrected chi connectivity index (χ1v) is 5.83. The van der Waals surface area contributed by atoms with Crippen LogP contribution in [0.5, 0.6) is 0 Å². The molecule has 6 nitrogen and oxygen atoms in total. The fraction of sp³-hybridized carbons (Fsp3) is 0.500. The standard InChI is InChI=1S/C12H16N2O4/c15-11(16)9-2-1-5-13-10(9)14-8-12(17)3-6-18-7-4-12/h1-2,5,17H,3-4,6-8H2,(H,13,14)(H,15,16). The summed E-state index contributed by atoms with van der Waals surface area (Å²) in [5.74, 6) is -0.755. The minimum atomic E-state index is -1.04. The zero-order chi connectivity index (χ0) is 13.0. The quantitative estimate of drug-likeness (QED) is 0.731. The lowest BCUT2D eigenvalue weighted by atomic mass is 9.94. The van der Waals surface area contributed by atoms with E-state index < -0.39 is 11.6 Å². The Morgan fingerprint density at radius 2 is 2.22 bits per heavy atom. The molecule has 2 rings (SSSR count). The number of anilines is 1. The molecule has 1 aromatic heterocycles. The summed E-state index contributed by atoms with van der Waals surface area (Å²) in [4.78, 5) is 15.0. The van der Waals surface area contributed by atoms with Crippen LogP contribution in [0.15, 0.2) is 18.3 Å². The van der Waals surface area contributed by atoms with Gasteiger partial charge < -0.3 is 20.3 Å². The molecule has 0 aliphatic carbocycles. The Morgan fingerprint density at radius 3 is 2.89 bits per heavy atom. The number of hydrogen-bond acceptors (Lipinski definition) is 5. The second-order valence-electron chi connectivity index (χ2n) is 4.39. The third kappa shape index (κ3) is 2.96. The van der Waals surface area contributed by atoms with E-state index in [1.165, 1.54) is 12.3 Å². The highest BCUT2D eigenvalue weighted by Crippen LogP contribution is 2.21. The van der Waals surface area contributed by atoms with Gasteiger partial charge in [-0.2, -0.15) is 0 Å². The normalized spacial score (nSPS) is 18.3. The molecule has 0 atom stereocenters. The van der Waals surface area contributed by atoms with Crippen LogP contribution in [0.3, 0.4) is 0 Å². The van der Waals surface area contributed by atoms with Gasteiger partial charge in [-0.3, -0.25) is 0 Å². The predicted molar refractivity (Wildman–Crippen MR) is 64.7 cm³/mol. The molecule has 0 unspecified atom stereocenters. The number of pyridine rings is 1. The van der Waals surface area contributed by atoms with Crippen LogP contribution in [0.25, 0.3) is 0 Å². The van der Waals surface area contributed by atoms with E-state index in [2.05, 4.69) is 10.3 Å². The molecular formula is C12H16N2O4. The first kappa shape index (κ1) is 12.8. The molecule has 0 bridgehead atoms. The summed E-state index contributed by atoms with van der Waals surface area (Å²) in [7, 11) is 0. The van der Waals surface area contributed by atoms with Gasteiger partial charge in [-0.25, -0.2) is 9.78 Å². The van der Waals surface area contributed by atoms with Crippen molar-refractivity contribution in [2.45, 2.75) is 18.4 Å². The Balaban J connectivity index is 2.03. The van der Waals surface area contributed by atoms with Gasteiger partial charge in [0.25, 0.3) is 0 Å². The Kier molecular flexibility index (Phi) is 3.78. The maximum absolute atomic E-state index is 11.0. The summed E-state index contributed by atoms with van der Waals surface area (Å²) < 4.78 is 5.18. The van der Waals surface area contributed by atoms with Crippen LogP contribution in [0.4, 0.5) is 5.82 Å². The Morgan fingerprint density at radius 1 is 1.50 bits per heavy atom. The van der Waals surface area contributed by atoms with Crippen LogP contribution < -0.4 is 5.32 Å². The van der Waals surface area contributed by atoms with E-state index in [-0.39, 0.29) is 17.9 Å². The van der Waals surface area contributed by atoms with Crippen molar-refractivity contribution < 1.29 is 19.7 Å². The smallest absolute Gasteiger partial charge is 0.339 e. The largest absolute Gasteiger partial charge is 0.478 e. The molecule has 1 fully saturated rings. The van der Waals surface area contributed by atoms with Crippen molar-refractivity contribution in [1.29, 1.82) is 0 Å². The summed E-state index contributed by atoms with van der Waals surface area (Å²) in [5, 5.41) is 22.2. The third-order valence-corrected chi connectivity index (χ3v) is 3.05. The number of carboxylic acids is 1. The zero-order valence-electron chi connectivity index (χ0n) is 9.93. The number of nitrogens with one attached hydrogen (secondary N) is 1. The number of nitrogens with zero attached hydrogens (tertiary/aromatic N) is 1. The number of rotatable bonds is 4. The lowest BCUT2D eigenvalue weighted by molar-refractivity contribution is -0.0544. The number of ether oxygens (including phenoxy) is 1. The molecule has 0 amide bonds. The molecule has 0 saturated carbocycles. The van der Waals surface area contributed by atoms with Gasteiger partial charge in [-0.1, -0.05) is 0 Å². The van der Waals surface area contributed by atoms with Crippen LogP contribution in [0, 0.1) is 0 Å². The van der Waals surface area contributed by atoms with Crippen molar-refractivity contribution in [3.05, 3.63) is 23.9 Å². The van der Waals surface area contributed by atoms with E-state index in [0.29, 0.717) is 26.1 Å². The van der Waals surface area contributed by atoms with Gasteiger partial charge in [0, 0.05) is 38.8 Å². The van der Waals surface area contributed by atoms with Gasteiger partial charge in [0.05, 0.1) is 5.60 Å². The number of hydrogen-bond donors (Lipinski definition) is 3. The molecule has 0 spiro atoms. The summed E-state index contributed by atoms with van der Waals surface area (Å²) in [6.45, 7) is 1.31. The third-order valence-electron chi connectivity index (χ3n) is 3.05. The summed E-state index contributed by atoms with van der Waals surface area (Å²) in [6, 6.07) is 3.05. The lowest BCUT2D eigenvalue weighted by Gasteiger charge is -2.32. The first-order chi connectivity index (χ1) is 8.61. The summed E-state index contributed by atoms with van der Waals surface area (Å²) in [6.07, 6.45) is 2.59. The second-order valence-corrected chi connectivity index (χ2v) is 4.39. The highest BCUT2D eigenvalue weighted by Gasteiger charge is 2.30. The minimum Gasteiger partial charge on any atom is -0.478 e. The van der Waals surface area contributed by atoms with Crippen LogP contribution in [-0.2, 0) is 4.74 Å². The van der Waals surface area contributed by atoms with Crippen LogP contribution in [-0.4, -0.2) is 46.5 Å². The lowest BCUT2D eigenvalue weighted by Crippen LogP contribution is -2.42. The predicted octanol–water partition coefficient (Wildman–Crippen LogP) is 0.733. The average Bonchev–Trinajstić information content (AvgIpc) is 2.38. The number of carboxylic acid groups (broad SMARTS) is 1. The highest BCUT2D eigenvalue weighted by molar-refractivity contribution is 5.92. The number of carbonyl (C=O) groups is 1. The Hall–Kier alpha value is -1.66. The fourth-order valence-electron chi connectivity index (χ4n) is 1.90. The molecule has 3 N–H and O–H groups in total. The molecule has 1 aliphatic heterocycles. The van der Waals surface area contributed by atoms with E-state index in [4.69, 9.17) is 9.84 Å². The molecular weight excluding hydrogens is 236 g/mol. The van der Waals surface area contributed by atoms with Gasteiger partial charge in [0.2, 0.25) is 0 Å². The van der Waals surface area contributed by atoms with Crippen molar-refractivity contribution >= 4 is 11.8 Å². The molecule has 98 valence electrons. The van der Waals surface area contributed by atoms with E-state index >= 15 is 0 Å². The number of aliphatic hydroxyl groups is 1. The van der Waals surface area contributed by atoms with Gasteiger partial charge in [0.1, 0.15) is 11.4 Å². The van der Waals surface area contributed by atoms with Crippen LogP contribution in [0.2, 0.25) is 0 Å². The molecule has 1 aliphatic rings. The molecule has 1 aromatic rings. The second kappa shape index (κ2) is 5.32. The molecule has 6 heteroatoms.